The van der Waals surface area contributed by atoms with E-state index in [1.54, 1.807) is 11.3 Å². The van der Waals surface area contributed by atoms with Crippen molar-refractivity contribution < 1.29 is 0 Å². The summed E-state index contributed by atoms with van der Waals surface area (Å²) in [5.41, 5.74) is 8.73. The second-order valence-corrected chi connectivity index (χ2v) is 13.5. The van der Waals surface area contributed by atoms with E-state index in [9.17, 15) is 0 Å². The highest BCUT2D eigenvalue weighted by molar-refractivity contribution is 7.26. The second-order valence-electron chi connectivity index (χ2n) is 12.5. The molecule has 3 aromatic heterocycles. The highest BCUT2D eigenvalue weighted by atomic mass is 32.1. The van der Waals surface area contributed by atoms with Crippen LogP contribution < -0.4 is 0 Å². The van der Waals surface area contributed by atoms with Crippen molar-refractivity contribution in [1.29, 1.82) is 0 Å². The molecule has 0 aliphatic rings. The van der Waals surface area contributed by atoms with Crippen LogP contribution in [-0.4, -0.2) is 19.5 Å². The van der Waals surface area contributed by atoms with Gasteiger partial charge in [-0.1, -0.05) is 133 Å². The van der Waals surface area contributed by atoms with Gasteiger partial charge in [-0.05, 0) is 47.5 Å². The van der Waals surface area contributed by atoms with E-state index in [1.165, 1.54) is 42.0 Å². The van der Waals surface area contributed by atoms with Crippen LogP contribution in [-0.2, 0) is 0 Å². The second kappa shape index (κ2) is 11.6. The lowest BCUT2D eigenvalue weighted by Crippen LogP contribution is -2.00. The van der Waals surface area contributed by atoms with Gasteiger partial charge in [0.25, 0.3) is 0 Å². The maximum atomic E-state index is 5.11. The highest BCUT2D eigenvalue weighted by Gasteiger charge is 2.17. The number of fused-ring (bicyclic) bond motifs is 6. The Labute approximate surface area is 292 Å². The first-order valence-corrected chi connectivity index (χ1v) is 17.5. The van der Waals surface area contributed by atoms with Crippen LogP contribution in [0.15, 0.2) is 170 Å². The van der Waals surface area contributed by atoms with Gasteiger partial charge in [-0.3, -0.25) is 0 Å². The number of thiophene rings is 1. The van der Waals surface area contributed by atoms with Crippen molar-refractivity contribution in [2.75, 3.05) is 0 Å². The van der Waals surface area contributed by atoms with Crippen LogP contribution >= 0.6 is 11.3 Å². The summed E-state index contributed by atoms with van der Waals surface area (Å²) in [5, 5.41) is 4.99. The smallest absolute Gasteiger partial charge is 0.165 e. The molecule has 0 radical (unpaired) electrons. The Morgan fingerprint density at radius 2 is 0.920 bits per heavy atom. The molecule has 0 spiro atoms. The average molecular weight is 657 g/mol. The first kappa shape index (κ1) is 28.6. The predicted octanol–water partition coefficient (Wildman–Crippen LogP) is 12.0. The van der Waals surface area contributed by atoms with Crippen LogP contribution in [0.4, 0.5) is 0 Å². The normalized spacial score (nSPS) is 11.6. The Bertz CT molecular complexity index is 2810. The lowest BCUT2D eigenvalue weighted by molar-refractivity contribution is 1.08. The van der Waals surface area contributed by atoms with Gasteiger partial charge >= 0.3 is 0 Å². The molecular weight excluding hydrogens is 629 g/mol. The zero-order valence-corrected chi connectivity index (χ0v) is 27.7. The lowest BCUT2D eigenvalue weighted by Gasteiger charge is -2.11. The van der Waals surface area contributed by atoms with Gasteiger partial charge in [-0.25, -0.2) is 15.0 Å². The summed E-state index contributed by atoms with van der Waals surface area (Å²) < 4.78 is 4.80. The van der Waals surface area contributed by atoms with E-state index in [4.69, 9.17) is 15.0 Å². The van der Waals surface area contributed by atoms with E-state index in [0.29, 0.717) is 17.5 Å². The third kappa shape index (κ3) is 4.71. The molecule has 0 atom stereocenters. The molecule has 0 aliphatic heterocycles. The Hall–Kier alpha value is -6.43. The molecule has 0 saturated carbocycles. The number of aromatic nitrogens is 4. The molecule has 5 heteroatoms. The van der Waals surface area contributed by atoms with Crippen molar-refractivity contribution >= 4 is 53.3 Å². The lowest BCUT2D eigenvalue weighted by atomic mass is 10.0. The van der Waals surface area contributed by atoms with Crippen molar-refractivity contribution in [3.05, 3.63) is 170 Å². The maximum Gasteiger partial charge on any atom is 0.165 e. The largest absolute Gasteiger partial charge is 0.309 e. The first-order valence-electron chi connectivity index (χ1n) is 16.7. The molecule has 0 saturated heterocycles. The Kier molecular flexibility index (Phi) is 6.64. The Morgan fingerprint density at radius 3 is 1.66 bits per heavy atom. The van der Waals surface area contributed by atoms with Crippen molar-refractivity contribution in [1.82, 2.24) is 19.5 Å². The summed E-state index contributed by atoms with van der Waals surface area (Å²) in [6.45, 7) is 0. The molecule has 0 bridgehead atoms. The monoisotopic (exact) mass is 656 g/mol. The van der Waals surface area contributed by atoms with Gasteiger partial charge in [0.15, 0.2) is 17.5 Å². The van der Waals surface area contributed by atoms with E-state index in [1.807, 2.05) is 18.2 Å². The molecule has 10 aromatic rings. The van der Waals surface area contributed by atoms with Gasteiger partial charge in [0.1, 0.15) is 0 Å². The summed E-state index contributed by atoms with van der Waals surface area (Å²) >= 11 is 1.78. The van der Waals surface area contributed by atoms with E-state index in [0.717, 1.165) is 33.5 Å². The minimum atomic E-state index is 0.651. The molecule has 0 amide bonds. The number of hydrogen-bond donors (Lipinski definition) is 0. The third-order valence-electron chi connectivity index (χ3n) is 9.47. The van der Waals surface area contributed by atoms with Gasteiger partial charge in [0, 0.05) is 53.3 Å². The molecule has 0 unspecified atom stereocenters. The SMILES string of the molecule is c1ccc(-c2nc(-c3ccc(-c4cccc(-n5c6ccccc6c6ccccc65)c4)cc3)nc(-c3cccc4c3sc3ccccc34)n2)cc1. The minimum absolute atomic E-state index is 0.651. The molecule has 3 heterocycles. The van der Waals surface area contributed by atoms with E-state index >= 15 is 0 Å². The number of para-hydroxylation sites is 2. The van der Waals surface area contributed by atoms with Crippen molar-refractivity contribution in [2.45, 2.75) is 0 Å². The molecule has 10 rings (SSSR count). The predicted molar refractivity (Wildman–Crippen MR) is 209 cm³/mol. The minimum Gasteiger partial charge on any atom is -0.309 e. The fourth-order valence-corrected chi connectivity index (χ4v) is 8.31. The average Bonchev–Trinajstić information content (AvgIpc) is 3.74. The maximum absolute atomic E-state index is 5.11. The molecular formula is C45H28N4S. The third-order valence-corrected chi connectivity index (χ3v) is 10.7. The fourth-order valence-electron chi connectivity index (χ4n) is 7.10. The number of rotatable bonds is 5. The van der Waals surface area contributed by atoms with Gasteiger partial charge in [0.05, 0.1) is 11.0 Å². The molecule has 234 valence electrons. The number of hydrogen-bond acceptors (Lipinski definition) is 4. The summed E-state index contributed by atoms with van der Waals surface area (Å²) in [5.74, 6) is 1.98. The van der Waals surface area contributed by atoms with E-state index < -0.39 is 0 Å². The van der Waals surface area contributed by atoms with E-state index in [2.05, 4.69) is 156 Å². The van der Waals surface area contributed by atoms with Crippen molar-refractivity contribution in [2.24, 2.45) is 0 Å². The van der Waals surface area contributed by atoms with Gasteiger partial charge in [0.2, 0.25) is 0 Å². The Balaban J connectivity index is 1.07. The zero-order valence-electron chi connectivity index (χ0n) is 26.9. The topological polar surface area (TPSA) is 43.6 Å². The molecule has 50 heavy (non-hydrogen) atoms. The van der Waals surface area contributed by atoms with Crippen LogP contribution in [0.5, 0.6) is 0 Å². The van der Waals surface area contributed by atoms with Gasteiger partial charge < -0.3 is 4.57 Å². The van der Waals surface area contributed by atoms with Crippen LogP contribution in [0.3, 0.4) is 0 Å². The molecule has 7 aromatic carbocycles. The molecule has 0 aliphatic carbocycles. The molecule has 0 N–H and O–H groups in total. The summed E-state index contributed by atoms with van der Waals surface area (Å²) in [4.78, 5) is 15.2. The zero-order chi connectivity index (χ0) is 33.0. The van der Waals surface area contributed by atoms with E-state index in [-0.39, 0.29) is 0 Å². The van der Waals surface area contributed by atoms with Gasteiger partial charge in [-0.15, -0.1) is 11.3 Å². The van der Waals surface area contributed by atoms with Crippen molar-refractivity contribution in [3.8, 4) is 51.0 Å². The quantitative estimate of drug-likeness (QED) is 0.185. The summed E-state index contributed by atoms with van der Waals surface area (Å²) in [6, 6.07) is 59.7. The Morgan fingerprint density at radius 1 is 0.380 bits per heavy atom. The number of nitrogens with zero attached hydrogens (tertiary/aromatic N) is 4. The molecule has 0 fully saturated rings. The molecule has 4 nitrogen and oxygen atoms in total. The fraction of sp³-hybridized carbons (Fsp3) is 0. The van der Waals surface area contributed by atoms with Crippen LogP contribution in [0, 0.1) is 0 Å². The van der Waals surface area contributed by atoms with Crippen LogP contribution in [0.25, 0.3) is 93.0 Å². The summed E-state index contributed by atoms with van der Waals surface area (Å²) in [7, 11) is 0. The van der Waals surface area contributed by atoms with Crippen molar-refractivity contribution in [3.63, 3.8) is 0 Å². The van der Waals surface area contributed by atoms with Gasteiger partial charge in [-0.2, -0.15) is 0 Å². The standard InChI is InChI=1S/C45H28N4S/c1-2-12-30(13-3-1)43-46-44(48-45(47-43)38-20-11-19-37-36-18-6-9-23-41(36)50-42(37)38)31-26-24-29(25-27-31)32-14-10-15-33(28-32)49-39-21-7-4-16-34(39)35-17-5-8-22-40(35)49/h1-28H. The first-order chi connectivity index (χ1) is 24.8. The number of benzene rings is 7. The summed E-state index contributed by atoms with van der Waals surface area (Å²) in [6.07, 6.45) is 0. The van der Waals surface area contributed by atoms with Crippen LogP contribution in [0.1, 0.15) is 0 Å². The highest BCUT2D eigenvalue weighted by Crippen LogP contribution is 2.40. The van der Waals surface area contributed by atoms with Crippen LogP contribution in [0.2, 0.25) is 0 Å².